The fourth-order valence-electron chi connectivity index (χ4n) is 1.73. The molecule has 1 aromatic carbocycles. The van der Waals surface area contributed by atoms with Gasteiger partial charge in [-0.2, -0.15) is 0 Å². The maximum atomic E-state index is 11.5. The number of aromatic amines is 1. The summed E-state index contributed by atoms with van der Waals surface area (Å²) >= 11 is 0. The van der Waals surface area contributed by atoms with E-state index in [0.29, 0.717) is 17.5 Å². The van der Waals surface area contributed by atoms with Crippen molar-refractivity contribution in [3.63, 3.8) is 0 Å². The van der Waals surface area contributed by atoms with Crippen molar-refractivity contribution in [2.45, 2.75) is 12.8 Å². The molecule has 1 aromatic heterocycles. The number of aromatic nitrogens is 1. The number of aliphatic carboxylic acids is 1. The van der Waals surface area contributed by atoms with Crippen LogP contribution in [-0.2, 0) is 19.2 Å². The van der Waals surface area contributed by atoms with E-state index in [-0.39, 0.29) is 12.8 Å². The number of H-pyrrole nitrogens is 1. The summed E-state index contributed by atoms with van der Waals surface area (Å²) in [5.41, 5.74) is 1.18. The van der Waals surface area contributed by atoms with Crippen molar-refractivity contribution in [2.24, 2.45) is 0 Å². The van der Waals surface area contributed by atoms with Crippen LogP contribution in [0.3, 0.4) is 0 Å². The fraction of sp³-hybridized carbons (Fsp3) is 0.154. The molecule has 7 nitrogen and oxygen atoms in total. The Morgan fingerprint density at radius 1 is 1.30 bits per heavy atom. The number of carboxylic acids is 1. The minimum Gasteiger partial charge on any atom is -0.481 e. The van der Waals surface area contributed by atoms with Gasteiger partial charge in [-0.1, -0.05) is 18.2 Å². The van der Waals surface area contributed by atoms with Gasteiger partial charge in [-0.05, 0) is 6.07 Å². The lowest BCUT2D eigenvalue weighted by Crippen LogP contribution is -2.25. The molecule has 0 aliphatic carbocycles. The highest BCUT2D eigenvalue weighted by Gasteiger charge is 2.16. The van der Waals surface area contributed by atoms with Crippen LogP contribution < -0.4 is 5.06 Å². The number of benzene rings is 1. The number of nitrogens with one attached hydrogen (secondary N) is 1. The van der Waals surface area contributed by atoms with Crippen LogP contribution in [0.1, 0.15) is 12.8 Å². The molecule has 0 aliphatic rings. The van der Waals surface area contributed by atoms with E-state index in [1.54, 1.807) is 12.1 Å². The Morgan fingerprint density at radius 2 is 2.05 bits per heavy atom. The fourth-order valence-corrected chi connectivity index (χ4v) is 1.73. The Labute approximate surface area is 113 Å². The monoisotopic (exact) mass is 276 g/mol. The molecule has 0 radical (unpaired) electrons. The van der Waals surface area contributed by atoms with Crippen LogP contribution in [-0.4, -0.2) is 28.4 Å². The highest BCUT2D eigenvalue weighted by molar-refractivity contribution is 5.97. The van der Waals surface area contributed by atoms with Gasteiger partial charge in [-0.25, -0.2) is 4.79 Å². The molecule has 1 amide bonds. The Bertz CT molecular complexity index is 649. The molecule has 0 fully saturated rings. The molecule has 0 saturated carbocycles. The van der Waals surface area contributed by atoms with E-state index in [1.807, 2.05) is 12.1 Å². The average molecular weight is 276 g/mol. The SMILES string of the molecule is O=CN(OC(=O)CCC(=O)O)c1c[nH]c2ccccc12. The van der Waals surface area contributed by atoms with Gasteiger partial charge in [0.05, 0.1) is 12.8 Å². The molecule has 0 bridgehead atoms. The van der Waals surface area contributed by atoms with Crippen molar-refractivity contribution in [3.05, 3.63) is 30.5 Å². The van der Waals surface area contributed by atoms with Crippen LogP contribution in [0.2, 0.25) is 0 Å². The van der Waals surface area contributed by atoms with E-state index < -0.39 is 11.9 Å². The van der Waals surface area contributed by atoms with Crippen LogP contribution >= 0.6 is 0 Å². The number of hydroxylamine groups is 1. The van der Waals surface area contributed by atoms with Gasteiger partial charge in [0, 0.05) is 17.1 Å². The molecular formula is C13H12N2O5. The maximum absolute atomic E-state index is 11.5. The predicted molar refractivity (Wildman–Crippen MR) is 69.8 cm³/mol. The number of carbonyl (C=O) groups excluding carboxylic acids is 2. The molecule has 0 spiro atoms. The highest BCUT2D eigenvalue weighted by atomic mass is 16.7. The van der Waals surface area contributed by atoms with Crippen LogP contribution in [0.25, 0.3) is 10.9 Å². The number of carboxylic acid groups (broad SMARTS) is 1. The number of hydrogen-bond acceptors (Lipinski definition) is 4. The van der Waals surface area contributed by atoms with Gasteiger partial charge in [-0.3, -0.25) is 9.59 Å². The summed E-state index contributed by atoms with van der Waals surface area (Å²) < 4.78 is 0. The van der Waals surface area contributed by atoms with E-state index in [0.717, 1.165) is 10.6 Å². The summed E-state index contributed by atoms with van der Waals surface area (Å²) in [6.07, 6.45) is 1.24. The van der Waals surface area contributed by atoms with Crippen molar-refractivity contribution in [2.75, 3.05) is 5.06 Å². The second-order valence-electron chi connectivity index (χ2n) is 4.01. The van der Waals surface area contributed by atoms with E-state index in [1.165, 1.54) is 6.20 Å². The molecule has 7 heteroatoms. The van der Waals surface area contributed by atoms with E-state index in [9.17, 15) is 14.4 Å². The first-order chi connectivity index (χ1) is 9.61. The zero-order chi connectivity index (χ0) is 14.5. The second kappa shape index (κ2) is 5.87. The van der Waals surface area contributed by atoms with Crippen molar-refractivity contribution >= 4 is 34.9 Å². The van der Waals surface area contributed by atoms with Gasteiger partial charge in [0.2, 0.25) is 6.41 Å². The second-order valence-corrected chi connectivity index (χ2v) is 4.01. The third-order valence-corrected chi connectivity index (χ3v) is 2.64. The minimum atomic E-state index is -1.10. The Kier molecular flexibility index (Phi) is 3.99. The predicted octanol–water partition coefficient (Wildman–Crippen LogP) is 1.45. The van der Waals surface area contributed by atoms with Gasteiger partial charge in [-0.15, -0.1) is 5.06 Å². The first-order valence-electron chi connectivity index (χ1n) is 5.85. The van der Waals surface area contributed by atoms with Crippen LogP contribution in [0, 0.1) is 0 Å². The van der Waals surface area contributed by atoms with E-state index >= 15 is 0 Å². The standard InChI is InChI=1S/C13H12N2O5/c16-8-15(20-13(19)6-5-12(17)18)11-7-14-10-4-2-1-3-9(10)11/h1-4,7-8,14H,5-6H2,(H,17,18). The number of hydrogen-bond donors (Lipinski definition) is 2. The van der Waals surface area contributed by atoms with Gasteiger partial charge >= 0.3 is 11.9 Å². The lowest BCUT2D eigenvalue weighted by molar-refractivity contribution is -0.150. The minimum absolute atomic E-state index is 0.304. The van der Waals surface area contributed by atoms with Crippen molar-refractivity contribution < 1.29 is 24.3 Å². The molecule has 2 N–H and O–H groups in total. The number of nitrogens with zero attached hydrogens (tertiary/aromatic N) is 1. The average Bonchev–Trinajstić information content (AvgIpc) is 2.86. The molecule has 20 heavy (non-hydrogen) atoms. The summed E-state index contributed by atoms with van der Waals surface area (Å²) in [5.74, 6) is -1.89. The Balaban J connectivity index is 2.14. The molecule has 0 unspecified atom stereocenters. The normalized spacial score (nSPS) is 10.2. The first kappa shape index (κ1) is 13.6. The van der Waals surface area contributed by atoms with Gasteiger partial charge in [0.25, 0.3) is 0 Å². The van der Waals surface area contributed by atoms with Gasteiger partial charge in [0.1, 0.15) is 5.69 Å². The smallest absolute Gasteiger partial charge is 0.333 e. The molecule has 0 saturated heterocycles. The van der Waals surface area contributed by atoms with Crippen molar-refractivity contribution in [1.29, 1.82) is 0 Å². The van der Waals surface area contributed by atoms with Crippen LogP contribution in [0.4, 0.5) is 5.69 Å². The van der Waals surface area contributed by atoms with Crippen LogP contribution in [0.15, 0.2) is 30.5 Å². The number of anilines is 1. The molecule has 2 rings (SSSR count). The number of para-hydroxylation sites is 1. The number of rotatable bonds is 6. The Morgan fingerprint density at radius 3 is 2.75 bits per heavy atom. The lowest BCUT2D eigenvalue weighted by Gasteiger charge is -2.14. The number of fused-ring (bicyclic) bond motifs is 1. The summed E-state index contributed by atoms with van der Waals surface area (Å²) in [7, 11) is 0. The molecule has 104 valence electrons. The largest absolute Gasteiger partial charge is 0.481 e. The zero-order valence-corrected chi connectivity index (χ0v) is 10.4. The zero-order valence-electron chi connectivity index (χ0n) is 10.4. The lowest BCUT2D eigenvalue weighted by atomic mass is 10.2. The molecule has 1 heterocycles. The number of amides is 1. The highest BCUT2D eigenvalue weighted by Crippen LogP contribution is 2.25. The topological polar surface area (TPSA) is 99.7 Å². The molecule has 0 atom stereocenters. The van der Waals surface area contributed by atoms with Crippen LogP contribution in [0.5, 0.6) is 0 Å². The summed E-state index contributed by atoms with van der Waals surface area (Å²) in [6, 6.07) is 7.19. The molecular weight excluding hydrogens is 264 g/mol. The summed E-state index contributed by atoms with van der Waals surface area (Å²) in [5, 5.41) is 9.98. The van der Waals surface area contributed by atoms with Crippen molar-refractivity contribution in [1.82, 2.24) is 4.98 Å². The summed E-state index contributed by atoms with van der Waals surface area (Å²) in [6.45, 7) is 0. The maximum Gasteiger partial charge on any atom is 0.333 e. The van der Waals surface area contributed by atoms with Crippen molar-refractivity contribution in [3.8, 4) is 0 Å². The van der Waals surface area contributed by atoms with Gasteiger partial charge in [0.15, 0.2) is 0 Å². The van der Waals surface area contributed by atoms with E-state index in [2.05, 4.69) is 4.98 Å². The third-order valence-electron chi connectivity index (χ3n) is 2.64. The quantitative estimate of drug-likeness (QED) is 0.614. The summed E-state index contributed by atoms with van der Waals surface area (Å²) in [4.78, 5) is 40.6. The molecule has 0 aliphatic heterocycles. The molecule has 2 aromatic rings. The Hall–Kier alpha value is -2.83. The van der Waals surface area contributed by atoms with Gasteiger partial charge < -0.3 is 14.9 Å². The number of carbonyl (C=O) groups is 3. The third kappa shape index (κ3) is 2.94. The first-order valence-corrected chi connectivity index (χ1v) is 5.85. The van der Waals surface area contributed by atoms with E-state index in [4.69, 9.17) is 9.94 Å².